The number of carboxylic acid groups (broad SMARTS) is 1. The number of nitrogens with zero attached hydrogens (tertiary/aromatic N) is 2. The van der Waals surface area contributed by atoms with Gasteiger partial charge in [-0.3, -0.25) is 9.59 Å². The summed E-state index contributed by atoms with van der Waals surface area (Å²) >= 11 is 1.44. The third-order valence-electron chi connectivity index (χ3n) is 4.65. The maximum absolute atomic E-state index is 12.9. The standard InChI is InChI=1S/C19H22N2O3S/c1-3-7-16-20-12(2)17(25-16)18(22)21-10-14(15(11-21)19(23)24)13-8-5-4-6-9-13/h4-6,8-9,14-15H,3,7,10-11H2,1-2H3,(H,23,24)/t14-,15+/m0/s1. The first kappa shape index (κ1) is 17.6. The van der Waals surface area contributed by atoms with E-state index in [4.69, 9.17) is 0 Å². The fraction of sp³-hybridized carbons (Fsp3) is 0.421. The molecule has 3 rings (SSSR count). The van der Waals surface area contributed by atoms with Gasteiger partial charge in [-0.2, -0.15) is 0 Å². The summed E-state index contributed by atoms with van der Waals surface area (Å²) in [7, 11) is 0. The number of carboxylic acids is 1. The van der Waals surface area contributed by atoms with Gasteiger partial charge in [0.05, 0.1) is 16.6 Å². The Morgan fingerprint density at radius 3 is 2.64 bits per heavy atom. The van der Waals surface area contributed by atoms with E-state index in [2.05, 4.69) is 11.9 Å². The lowest BCUT2D eigenvalue weighted by Crippen LogP contribution is -2.29. The summed E-state index contributed by atoms with van der Waals surface area (Å²) in [4.78, 5) is 31.4. The highest BCUT2D eigenvalue weighted by Gasteiger charge is 2.41. The van der Waals surface area contributed by atoms with Crippen molar-refractivity contribution in [2.45, 2.75) is 32.6 Å². The zero-order chi connectivity index (χ0) is 18.0. The van der Waals surface area contributed by atoms with Crippen LogP contribution in [0.25, 0.3) is 0 Å². The molecule has 2 atom stereocenters. The van der Waals surface area contributed by atoms with Crippen LogP contribution in [0.5, 0.6) is 0 Å². The largest absolute Gasteiger partial charge is 0.481 e. The second-order valence-electron chi connectivity index (χ2n) is 6.44. The van der Waals surface area contributed by atoms with Crippen LogP contribution in [0.1, 0.15) is 45.2 Å². The minimum Gasteiger partial charge on any atom is -0.481 e. The lowest BCUT2D eigenvalue weighted by molar-refractivity contribution is -0.141. The van der Waals surface area contributed by atoms with Crippen molar-refractivity contribution in [1.29, 1.82) is 0 Å². The van der Waals surface area contributed by atoms with Crippen molar-refractivity contribution in [2.24, 2.45) is 5.92 Å². The van der Waals surface area contributed by atoms with Crippen LogP contribution in [-0.4, -0.2) is 40.0 Å². The van der Waals surface area contributed by atoms with E-state index >= 15 is 0 Å². The number of rotatable bonds is 5. The summed E-state index contributed by atoms with van der Waals surface area (Å²) < 4.78 is 0. The molecule has 0 bridgehead atoms. The molecule has 1 fully saturated rings. The SMILES string of the molecule is CCCc1nc(C)c(C(=O)N2C[C@@H](C(=O)O)[C@H](c3ccccc3)C2)s1. The molecule has 6 heteroatoms. The van der Waals surface area contributed by atoms with Crippen LogP contribution >= 0.6 is 11.3 Å². The van der Waals surface area contributed by atoms with Crippen molar-refractivity contribution in [3.63, 3.8) is 0 Å². The van der Waals surface area contributed by atoms with E-state index in [-0.39, 0.29) is 18.4 Å². The molecule has 0 aliphatic carbocycles. The third kappa shape index (κ3) is 3.58. The Labute approximate surface area is 151 Å². The van der Waals surface area contributed by atoms with Crippen molar-refractivity contribution in [1.82, 2.24) is 9.88 Å². The van der Waals surface area contributed by atoms with Crippen LogP contribution in [0.15, 0.2) is 30.3 Å². The van der Waals surface area contributed by atoms with Gasteiger partial charge < -0.3 is 10.0 Å². The summed E-state index contributed by atoms with van der Waals surface area (Å²) in [6.07, 6.45) is 1.85. The molecule has 2 heterocycles. The number of aliphatic carboxylic acids is 1. The molecule has 1 aliphatic rings. The van der Waals surface area contributed by atoms with Crippen molar-refractivity contribution in [3.8, 4) is 0 Å². The van der Waals surface area contributed by atoms with E-state index < -0.39 is 11.9 Å². The van der Waals surface area contributed by atoms with Crippen molar-refractivity contribution in [3.05, 3.63) is 51.5 Å². The molecule has 1 aliphatic heterocycles. The van der Waals surface area contributed by atoms with Gasteiger partial charge in [-0.15, -0.1) is 11.3 Å². The molecule has 0 radical (unpaired) electrons. The van der Waals surface area contributed by atoms with Gasteiger partial charge in [-0.1, -0.05) is 37.3 Å². The molecule has 0 spiro atoms. The maximum Gasteiger partial charge on any atom is 0.308 e. The Morgan fingerprint density at radius 2 is 2.00 bits per heavy atom. The maximum atomic E-state index is 12.9. The van der Waals surface area contributed by atoms with E-state index in [0.717, 1.165) is 29.1 Å². The first-order valence-corrected chi connectivity index (χ1v) is 9.36. The molecule has 1 saturated heterocycles. The molecule has 1 N–H and O–H groups in total. The van der Waals surface area contributed by atoms with Crippen LogP contribution < -0.4 is 0 Å². The van der Waals surface area contributed by atoms with Gasteiger partial charge in [0.15, 0.2) is 0 Å². The fourth-order valence-electron chi connectivity index (χ4n) is 3.37. The van der Waals surface area contributed by atoms with Crippen LogP contribution in [0.2, 0.25) is 0 Å². The second-order valence-corrected chi connectivity index (χ2v) is 7.53. The molecule has 0 unspecified atom stereocenters. The number of aromatic nitrogens is 1. The van der Waals surface area contributed by atoms with E-state index in [0.29, 0.717) is 11.4 Å². The number of carbonyl (C=O) groups is 2. The zero-order valence-corrected chi connectivity index (χ0v) is 15.3. The minimum absolute atomic E-state index is 0.0953. The summed E-state index contributed by atoms with van der Waals surface area (Å²) in [5.41, 5.74) is 1.71. The highest BCUT2D eigenvalue weighted by molar-refractivity contribution is 7.13. The highest BCUT2D eigenvalue weighted by Crippen LogP contribution is 2.34. The molecule has 1 aromatic heterocycles. The van der Waals surface area contributed by atoms with E-state index in [1.165, 1.54) is 11.3 Å². The molecular weight excluding hydrogens is 336 g/mol. The number of thiazole rings is 1. The molecule has 25 heavy (non-hydrogen) atoms. The Kier molecular flexibility index (Phi) is 5.18. The Bertz CT molecular complexity index is 772. The summed E-state index contributed by atoms with van der Waals surface area (Å²) in [6, 6.07) is 9.59. The number of hydrogen-bond donors (Lipinski definition) is 1. The average molecular weight is 358 g/mol. The molecule has 1 amide bonds. The Balaban J connectivity index is 1.84. The first-order valence-electron chi connectivity index (χ1n) is 8.54. The van der Waals surface area contributed by atoms with Gasteiger partial charge in [0.2, 0.25) is 0 Å². The lowest BCUT2D eigenvalue weighted by atomic mass is 9.89. The molecular formula is C19H22N2O3S. The number of benzene rings is 1. The Hall–Kier alpha value is -2.21. The topological polar surface area (TPSA) is 70.5 Å². The zero-order valence-electron chi connectivity index (χ0n) is 14.4. The molecule has 1 aromatic carbocycles. The quantitative estimate of drug-likeness (QED) is 0.890. The normalized spacial score (nSPS) is 20.0. The average Bonchev–Trinajstić information content (AvgIpc) is 3.19. The van der Waals surface area contributed by atoms with Crippen LogP contribution in [0.3, 0.4) is 0 Å². The van der Waals surface area contributed by atoms with Gasteiger partial charge in [0.25, 0.3) is 5.91 Å². The molecule has 132 valence electrons. The summed E-state index contributed by atoms with van der Waals surface area (Å²) in [5, 5.41) is 10.6. The smallest absolute Gasteiger partial charge is 0.308 e. The number of carbonyl (C=O) groups excluding carboxylic acids is 1. The van der Waals surface area contributed by atoms with Crippen molar-refractivity contribution in [2.75, 3.05) is 13.1 Å². The van der Waals surface area contributed by atoms with Gasteiger partial charge >= 0.3 is 5.97 Å². The minimum atomic E-state index is -0.850. The van der Waals surface area contributed by atoms with E-state index in [1.807, 2.05) is 37.3 Å². The van der Waals surface area contributed by atoms with Gasteiger partial charge in [0, 0.05) is 19.0 Å². The van der Waals surface area contributed by atoms with Crippen molar-refractivity contribution < 1.29 is 14.7 Å². The van der Waals surface area contributed by atoms with Crippen molar-refractivity contribution >= 4 is 23.2 Å². The van der Waals surface area contributed by atoms with Gasteiger partial charge in [-0.25, -0.2) is 4.98 Å². The van der Waals surface area contributed by atoms with E-state index in [1.54, 1.807) is 4.90 Å². The number of likely N-dealkylation sites (tertiary alicyclic amines) is 1. The van der Waals surface area contributed by atoms with Gasteiger partial charge in [0.1, 0.15) is 4.88 Å². The van der Waals surface area contributed by atoms with Gasteiger partial charge in [-0.05, 0) is 25.3 Å². The summed E-state index contributed by atoms with van der Waals surface area (Å²) in [6.45, 7) is 4.61. The number of amides is 1. The predicted molar refractivity (Wildman–Crippen MR) is 97.1 cm³/mol. The Morgan fingerprint density at radius 1 is 1.28 bits per heavy atom. The fourth-order valence-corrected chi connectivity index (χ4v) is 4.51. The molecule has 2 aromatic rings. The molecule has 5 nitrogen and oxygen atoms in total. The van der Waals surface area contributed by atoms with Crippen LogP contribution in [0.4, 0.5) is 0 Å². The lowest BCUT2D eigenvalue weighted by Gasteiger charge is -2.16. The predicted octanol–water partition coefficient (Wildman–Crippen LogP) is 3.34. The third-order valence-corrected chi connectivity index (χ3v) is 5.86. The summed E-state index contributed by atoms with van der Waals surface area (Å²) in [5.74, 6) is -1.69. The molecule has 0 saturated carbocycles. The highest BCUT2D eigenvalue weighted by atomic mass is 32.1. The second kappa shape index (κ2) is 7.35. The van der Waals surface area contributed by atoms with Crippen LogP contribution in [-0.2, 0) is 11.2 Å². The first-order chi connectivity index (χ1) is 12.0. The number of hydrogen-bond acceptors (Lipinski definition) is 4. The van der Waals surface area contributed by atoms with E-state index in [9.17, 15) is 14.7 Å². The monoisotopic (exact) mass is 358 g/mol. The van der Waals surface area contributed by atoms with Crippen LogP contribution in [0, 0.1) is 12.8 Å². The number of aryl methyl sites for hydroxylation is 2.